The average molecular weight is 322 g/mol. The number of carbonyl (C=O) groups excluding carboxylic acids is 1. The van der Waals surface area contributed by atoms with Crippen molar-refractivity contribution in [2.24, 2.45) is 0 Å². The van der Waals surface area contributed by atoms with Gasteiger partial charge >= 0.3 is 0 Å². The molecule has 2 aromatic rings. The largest absolute Gasteiger partial charge is 0.322 e. The van der Waals surface area contributed by atoms with Crippen LogP contribution in [0.4, 0.5) is 18.9 Å². The minimum atomic E-state index is -0.701. The molecule has 23 heavy (non-hydrogen) atoms. The Bertz CT molecular complexity index is 689. The smallest absolute Gasteiger partial charge is 0.241 e. The van der Waals surface area contributed by atoms with Gasteiger partial charge in [-0.25, -0.2) is 13.2 Å². The van der Waals surface area contributed by atoms with Gasteiger partial charge in [0.25, 0.3) is 0 Å². The van der Waals surface area contributed by atoms with E-state index in [0.29, 0.717) is 6.54 Å². The quantitative estimate of drug-likeness (QED) is 0.913. The summed E-state index contributed by atoms with van der Waals surface area (Å²) in [6, 6.07) is 8.23. The van der Waals surface area contributed by atoms with Crippen LogP contribution in [0.3, 0.4) is 0 Å². The summed E-state index contributed by atoms with van der Waals surface area (Å²) in [4.78, 5) is 13.9. The summed E-state index contributed by atoms with van der Waals surface area (Å²) in [5, 5.41) is 2.37. The molecule has 6 heteroatoms. The minimum Gasteiger partial charge on any atom is -0.322 e. The Hall–Kier alpha value is -2.34. The van der Waals surface area contributed by atoms with E-state index < -0.39 is 23.6 Å². The predicted molar refractivity (Wildman–Crippen MR) is 82.3 cm³/mol. The van der Waals surface area contributed by atoms with Crippen molar-refractivity contribution in [1.29, 1.82) is 0 Å². The van der Waals surface area contributed by atoms with Gasteiger partial charge in [-0.3, -0.25) is 9.69 Å². The van der Waals surface area contributed by atoms with Gasteiger partial charge in [-0.2, -0.15) is 0 Å². The van der Waals surface area contributed by atoms with Crippen molar-refractivity contribution in [2.75, 3.05) is 12.4 Å². The molecule has 0 spiro atoms. The number of hydrogen-bond acceptors (Lipinski definition) is 2. The maximum Gasteiger partial charge on any atom is 0.241 e. The molecule has 0 aliphatic rings. The Kier molecular flexibility index (Phi) is 5.39. The van der Waals surface area contributed by atoms with Crippen molar-refractivity contribution in [3.05, 3.63) is 65.5 Å². The van der Waals surface area contributed by atoms with Gasteiger partial charge in [-0.1, -0.05) is 12.1 Å². The second-order valence-corrected chi connectivity index (χ2v) is 5.33. The van der Waals surface area contributed by atoms with E-state index in [1.807, 2.05) is 0 Å². The fraction of sp³-hybridized carbons (Fsp3) is 0.235. The molecule has 0 radical (unpaired) electrons. The maximum absolute atomic E-state index is 13.5. The predicted octanol–water partition coefficient (Wildman–Crippen LogP) is 3.56. The molecule has 0 aliphatic carbocycles. The van der Waals surface area contributed by atoms with Crippen LogP contribution in [-0.2, 0) is 11.3 Å². The molecule has 0 fully saturated rings. The third-order valence-corrected chi connectivity index (χ3v) is 3.57. The first-order valence-corrected chi connectivity index (χ1v) is 7.07. The summed E-state index contributed by atoms with van der Waals surface area (Å²) < 4.78 is 39.5. The average Bonchev–Trinajstić information content (AvgIpc) is 2.52. The lowest BCUT2D eigenvalue weighted by Crippen LogP contribution is -2.39. The Morgan fingerprint density at radius 3 is 2.35 bits per heavy atom. The zero-order valence-electron chi connectivity index (χ0n) is 12.8. The molecule has 0 bridgehead atoms. The standard InChI is InChI=1S/C17H17F3N2O/c1-11(22(2)10-12-3-5-13(18)6-4-12)17(23)21-16-9-14(19)7-8-15(16)20/h3-9,11H,10H2,1-2H3,(H,21,23). The zero-order chi connectivity index (χ0) is 17.0. The maximum atomic E-state index is 13.5. The summed E-state index contributed by atoms with van der Waals surface area (Å²) in [5.74, 6) is -2.12. The first-order valence-electron chi connectivity index (χ1n) is 7.07. The van der Waals surface area contributed by atoms with E-state index in [0.717, 1.165) is 23.8 Å². The Balaban J connectivity index is 2.00. The molecule has 122 valence electrons. The number of anilines is 1. The zero-order valence-corrected chi connectivity index (χ0v) is 12.8. The molecule has 2 aromatic carbocycles. The van der Waals surface area contributed by atoms with Gasteiger partial charge in [-0.15, -0.1) is 0 Å². The molecular formula is C17H17F3N2O. The minimum absolute atomic E-state index is 0.197. The third kappa shape index (κ3) is 4.56. The van der Waals surface area contributed by atoms with E-state index in [1.165, 1.54) is 12.1 Å². The summed E-state index contributed by atoms with van der Waals surface area (Å²) in [7, 11) is 1.72. The molecule has 3 nitrogen and oxygen atoms in total. The third-order valence-electron chi connectivity index (χ3n) is 3.57. The van der Waals surface area contributed by atoms with E-state index in [-0.39, 0.29) is 11.5 Å². The van der Waals surface area contributed by atoms with E-state index >= 15 is 0 Å². The lowest BCUT2D eigenvalue weighted by molar-refractivity contribution is -0.120. The van der Waals surface area contributed by atoms with E-state index in [1.54, 1.807) is 31.0 Å². The highest BCUT2D eigenvalue weighted by atomic mass is 19.1. The molecular weight excluding hydrogens is 305 g/mol. The molecule has 0 saturated carbocycles. The molecule has 1 atom stereocenters. The Morgan fingerprint density at radius 1 is 1.09 bits per heavy atom. The first-order chi connectivity index (χ1) is 10.9. The lowest BCUT2D eigenvalue weighted by atomic mass is 10.2. The van der Waals surface area contributed by atoms with Gasteiger partial charge in [0.1, 0.15) is 17.5 Å². The van der Waals surface area contributed by atoms with Crippen molar-refractivity contribution in [3.63, 3.8) is 0 Å². The number of hydrogen-bond donors (Lipinski definition) is 1. The highest BCUT2D eigenvalue weighted by molar-refractivity contribution is 5.94. The van der Waals surface area contributed by atoms with Crippen LogP contribution in [0.1, 0.15) is 12.5 Å². The number of nitrogens with zero attached hydrogens (tertiary/aromatic N) is 1. The molecule has 2 rings (SSSR count). The molecule has 1 N–H and O–H groups in total. The van der Waals surface area contributed by atoms with Crippen molar-refractivity contribution in [2.45, 2.75) is 19.5 Å². The summed E-state index contributed by atoms with van der Waals surface area (Å²) in [6.07, 6.45) is 0. The second kappa shape index (κ2) is 7.28. The molecule has 0 aromatic heterocycles. The Labute approximate surface area is 132 Å². The van der Waals surface area contributed by atoms with Crippen LogP contribution in [0.15, 0.2) is 42.5 Å². The fourth-order valence-electron chi connectivity index (χ4n) is 2.05. The highest BCUT2D eigenvalue weighted by Gasteiger charge is 2.19. The monoisotopic (exact) mass is 322 g/mol. The SMILES string of the molecule is CC(C(=O)Nc1cc(F)ccc1F)N(C)Cc1ccc(F)cc1. The van der Waals surface area contributed by atoms with Gasteiger partial charge in [-0.05, 0) is 43.8 Å². The number of rotatable bonds is 5. The van der Waals surface area contributed by atoms with Crippen LogP contribution in [-0.4, -0.2) is 23.9 Å². The Morgan fingerprint density at radius 2 is 1.70 bits per heavy atom. The van der Waals surface area contributed by atoms with Crippen LogP contribution >= 0.6 is 0 Å². The van der Waals surface area contributed by atoms with Crippen molar-refractivity contribution in [1.82, 2.24) is 4.90 Å². The molecule has 0 saturated heterocycles. The van der Waals surface area contributed by atoms with Crippen molar-refractivity contribution < 1.29 is 18.0 Å². The van der Waals surface area contributed by atoms with Crippen LogP contribution < -0.4 is 5.32 Å². The van der Waals surface area contributed by atoms with Crippen LogP contribution in [0.25, 0.3) is 0 Å². The molecule has 1 unspecified atom stereocenters. The van der Waals surface area contributed by atoms with Crippen LogP contribution in [0.5, 0.6) is 0 Å². The first kappa shape index (κ1) is 17.0. The van der Waals surface area contributed by atoms with Gasteiger partial charge < -0.3 is 5.32 Å². The summed E-state index contributed by atoms with van der Waals surface area (Å²) in [6.45, 7) is 2.07. The lowest BCUT2D eigenvalue weighted by Gasteiger charge is -2.24. The molecule has 1 amide bonds. The van der Waals surface area contributed by atoms with Crippen molar-refractivity contribution in [3.8, 4) is 0 Å². The normalized spacial score (nSPS) is 12.3. The van der Waals surface area contributed by atoms with Gasteiger partial charge in [0.2, 0.25) is 5.91 Å². The molecule has 0 aliphatic heterocycles. The van der Waals surface area contributed by atoms with Crippen molar-refractivity contribution >= 4 is 11.6 Å². The van der Waals surface area contributed by atoms with Gasteiger partial charge in [0.15, 0.2) is 0 Å². The van der Waals surface area contributed by atoms with Gasteiger partial charge in [0, 0.05) is 12.6 Å². The summed E-state index contributed by atoms with van der Waals surface area (Å²) >= 11 is 0. The number of likely N-dealkylation sites (N-methyl/N-ethyl adjacent to an activating group) is 1. The second-order valence-electron chi connectivity index (χ2n) is 5.33. The van der Waals surface area contributed by atoms with E-state index in [9.17, 15) is 18.0 Å². The topological polar surface area (TPSA) is 32.3 Å². The number of carbonyl (C=O) groups is 1. The number of halogens is 3. The van der Waals surface area contributed by atoms with Crippen LogP contribution in [0, 0.1) is 17.5 Å². The number of benzene rings is 2. The molecule has 0 heterocycles. The highest BCUT2D eigenvalue weighted by Crippen LogP contribution is 2.16. The summed E-state index contributed by atoms with van der Waals surface area (Å²) in [5.41, 5.74) is 0.641. The van der Waals surface area contributed by atoms with Gasteiger partial charge in [0.05, 0.1) is 11.7 Å². The number of amides is 1. The van der Waals surface area contributed by atoms with E-state index in [2.05, 4.69) is 5.32 Å². The van der Waals surface area contributed by atoms with E-state index in [4.69, 9.17) is 0 Å². The fourth-order valence-corrected chi connectivity index (χ4v) is 2.05. The number of nitrogens with one attached hydrogen (secondary N) is 1. The van der Waals surface area contributed by atoms with Crippen LogP contribution in [0.2, 0.25) is 0 Å².